The average molecular weight is 441 g/mol. The van der Waals surface area contributed by atoms with E-state index in [0.717, 1.165) is 45.8 Å². The number of piperidine rings is 1. The number of nitrogens with one attached hydrogen (secondary N) is 2. The van der Waals surface area contributed by atoms with Crippen molar-refractivity contribution in [1.82, 2.24) is 15.6 Å². The molecular formula is C23H25FN4O2S. The van der Waals surface area contributed by atoms with Gasteiger partial charge in [-0.1, -0.05) is 12.1 Å². The van der Waals surface area contributed by atoms with Crippen molar-refractivity contribution in [2.45, 2.75) is 37.9 Å². The summed E-state index contributed by atoms with van der Waals surface area (Å²) < 4.78 is 20.3. The standard InChI is InChI=1S/C23H25FN4O2S/c1-12-2-5-17-20(25)21(31-23(17)27-12)22(29)28-15-8-14-4-3-13(9-19(14)30-11-15)16-6-7-26-10-18(16)24/h2-5,9,15-16,18,26H,6-8,10-11,25H2,1H3,(H,28,29)/t15-,16+,18-/m1/s1. The molecule has 0 saturated carbocycles. The second-order valence-corrected chi connectivity index (χ2v) is 9.32. The summed E-state index contributed by atoms with van der Waals surface area (Å²) in [5.74, 6) is 0.484. The van der Waals surface area contributed by atoms with Gasteiger partial charge < -0.3 is 21.1 Å². The SMILES string of the molecule is Cc1ccc2c(N)c(C(=O)N[C@H]3COc4cc([C@@H]5CCNC[C@H]5F)ccc4C3)sc2n1. The van der Waals surface area contributed by atoms with E-state index in [0.29, 0.717) is 30.1 Å². The number of pyridine rings is 1. The minimum absolute atomic E-state index is 0.0965. The molecule has 4 N–H and O–H groups in total. The maximum atomic E-state index is 14.3. The number of nitrogen functional groups attached to an aromatic ring is 1. The van der Waals surface area contributed by atoms with Crippen LogP contribution >= 0.6 is 11.3 Å². The van der Waals surface area contributed by atoms with Gasteiger partial charge in [0.25, 0.3) is 5.91 Å². The van der Waals surface area contributed by atoms with Crippen LogP contribution in [0.4, 0.5) is 10.1 Å². The van der Waals surface area contributed by atoms with Crippen LogP contribution in [0.25, 0.3) is 10.2 Å². The first-order chi connectivity index (χ1) is 15.0. The number of hydrogen-bond donors (Lipinski definition) is 3. The number of hydrogen-bond acceptors (Lipinski definition) is 6. The number of nitrogens with zero attached hydrogens (tertiary/aromatic N) is 1. The summed E-state index contributed by atoms with van der Waals surface area (Å²) >= 11 is 1.31. The van der Waals surface area contributed by atoms with Crippen molar-refractivity contribution in [2.24, 2.45) is 0 Å². The Balaban J connectivity index is 1.30. The topological polar surface area (TPSA) is 89.3 Å². The Morgan fingerprint density at radius 1 is 1.35 bits per heavy atom. The molecule has 4 heterocycles. The zero-order chi connectivity index (χ0) is 21.5. The third kappa shape index (κ3) is 3.85. The molecule has 0 bridgehead atoms. The lowest BCUT2D eigenvalue weighted by Gasteiger charge is -2.30. The Kier molecular flexibility index (Phi) is 5.27. The molecule has 8 heteroatoms. The van der Waals surface area contributed by atoms with Gasteiger partial charge in [0, 0.05) is 23.5 Å². The molecule has 2 aliphatic heterocycles. The molecule has 3 atom stereocenters. The highest BCUT2D eigenvalue weighted by Crippen LogP contribution is 2.35. The summed E-state index contributed by atoms with van der Waals surface area (Å²) in [6.07, 6.45) is 0.561. The maximum Gasteiger partial charge on any atom is 0.263 e. The molecule has 5 rings (SSSR count). The number of carbonyl (C=O) groups excluding carboxylic acids is 1. The van der Waals surface area contributed by atoms with E-state index >= 15 is 0 Å². The molecule has 3 aromatic rings. The van der Waals surface area contributed by atoms with E-state index in [1.165, 1.54) is 11.3 Å². The van der Waals surface area contributed by atoms with E-state index in [1.54, 1.807) is 0 Å². The van der Waals surface area contributed by atoms with E-state index in [9.17, 15) is 9.18 Å². The number of aromatic nitrogens is 1. The number of ether oxygens (including phenoxy) is 1. The van der Waals surface area contributed by atoms with Crippen molar-refractivity contribution in [1.29, 1.82) is 0 Å². The number of thiophene rings is 1. The van der Waals surface area contributed by atoms with Crippen molar-refractivity contribution in [2.75, 3.05) is 25.4 Å². The van der Waals surface area contributed by atoms with E-state index in [4.69, 9.17) is 10.5 Å². The Hall–Kier alpha value is -2.71. The molecule has 0 aliphatic carbocycles. The Morgan fingerprint density at radius 3 is 3.06 bits per heavy atom. The Bertz CT molecular complexity index is 1150. The van der Waals surface area contributed by atoms with Crippen LogP contribution in [0.1, 0.15) is 38.8 Å². The van der Waals surface area contributed by atoms with Crippen LogP contribution in [0.15, 0.2) is 30.3 Å². The predicted molar refractivity (Wildman–Crippen MR) is 121 cm³/mol. The van der Waals surface area contributed by atoms with E-state index in [-0.39, 0.29) is 17.9 Å². The lowest BCUT2D eigenvalue weighted by molar-refractivity contribution is 0.0920. The number of rotatable bonds is 3. The molecule has 1 aromatic carbocycles. The first kappa shape index (κ1) is 20.2. The van der Waals surface area contributed by atoms with Gasteiger partial charge in [-0.25, -0.2) is 9.37 Å². The molecule has 2 aliphatic rings. The van der Waals surface area contributed by atoms with Gasteiger partial charge in [0.05, 0.1) is 11.7 Å². The predicted octanol–water partition coefficient (Wildman–Crippen LogP) is 3.34. The molecule has 162 valence electrons. The largest absolute Gasteiger partial charge is 0.491 e. The second kappa shape index (κ2) is 8.09. The van der Waals surface area contributed by atoms with E-state index in [1.807, 2.05) is 37.3 Å². The Labute approximate surface area is 184 Å². The zero-order valence-corrected chi connectivity index (χ0v) is 18.1. The number of fused-ring (bicyclic) bond motifs is 2. The summed E-state index contributed by atoms with van der Waals surface area (Å²) in [7, 11) is 0. The van der Waals surface area contributed by atoms with E-state index < -0.39 is 6.17 Å². The zero-order valence-electron chi connectivity index (χ0n) is 17.3. The third-order valence-electron chi connectivity index (χ3n) is 6.11. The smallest absolute Gasteiger partial charge is 0.263 e. The van der Waals surface area contributed by atoms with Gasteiger partial charge in [-0.05, 0) is 55.6 Å². The number of halogens is 1. The molecule has 2 aromatic heterocycles. The number of alkyl halides is 1. The minimum atomic E-state index is -0.882. The lowest BCUT2D eigenvalue weighted by Crippen LogP contribution is -2.42. The molecule has 0 radical (unpaired) electrons. The highest BCUT2D eigenvalue weighted by atomic mass is 32.1. The maximum absolute atomic E-state index is 14.3. The molecule has 1 fully saturated rings. The molecule has 1 saturated heterocycles. The van der Waals surface area contributed by atoms with Crippen LogP contribution in [0, 0.1) is 6.92 Å². The highest BCUT2D eigenvalue weighted by Gasteiger charge is 2.29. The first-order valence-corrected chi connectivity index (χ1v) is 11.4. The fraction of sp³-hybridized carbons (Fsp3) is 0.391. The lowest BCUT2D eigenvalue weighted by atomic mass is 9.87. The van der Waals surface area contributed by atoms with Gasteiger partial charge in [0.15, 0.2) is 0 Å². The summed E-state index contributed by atoms with van der Waals surface area (Å²) in [5, 5.41) is 6.95. The number of anilines is 1. The molecule has 6 nitrogen and oxygen atoms in total. The van der Waals surface area contributed by atoms with E-state index in [2.05, 4.69) is 15.6 Å². The molecule has 1 amide bonds. The fourth-order valence-corrected chi connectivity index (χ4v) is 5.46. The molecular weight excluding hydrogens is 415 g/mol. The second-order valence-electron chi connectivity index (χ2n) is 8.32. The van der Waals surface area contributed by atoms with Crippen LogP contribution in [0.2, 0.25) is 0 Å². The number of amides is 1. The van der Waals surface area contributed by atoms with Crippen LogP contribution in [0.5, 0.6) is 5.75 Å². The highest BCUT2D eigenvalue weighted by molar-refractivity contribution is 7.21. The van der Waals surface area contributed by atoms with Gasteiger partial charge in [-0.2, -0.15) is 0 Å². The van der Waals surface area contributed by atoms with Gasteiger partial charge in [-0.15, -0.1) is 11.3 Å². The van der Waals surface area contributed by atoms with Crippen LogP contribution in [0.3, 0.4) is 0 Å². The molecule has 0 spiro atoms. The summed E-state index contributed by atoms with van der Waals surface area (Å²) in [6.45, 7) is 3.51. The summed E-state index contributed by atoms with van der Waals surface area (Å²) in [6, 6.07) is 9.60. The average Bonchev–Trinajstić information content (AvgIpc) is 3.09. The number of benzene rings is 1. The van der Waals surface area contributed by atoms with Gasteiger partial charge >= 0.3 is 0 Å². The fourth-order valence-electron chi connectivity index (χ4n) is 4.42. The monoisotopic (exact) mass is 440 g/mol. The van der Waals surface area contributed by atoms with Gasteiger partial charge in [0.1, 0.15) is 28.2 Å². The van der Waals surface area contributed by atoms with Crippen LogP contribution in [-0.2, 0) is 6.42 Å². The number of carbonyl (C=O) groups is 1. The van der Waals surface area contributed by atoms with Crippen LogP contribution in [-0.4, -0.2) is 42.8 Å². The van der Waals surface area contributed by atoms with Crippen molar-refractivity contribution in [3.05, 3.63) is 52.0 Å². The Morgan fingerprint density at radius 2 is 2.23 bits per heavy atom. The van der Waals surface area contributed by atoms with Crippen molar-refractivity contribution in [3.63, 3.8) is 0 Å². The summed E-state index contributed by atoms with van der Waals surface area (Å²) in [4.78, 5) is 18.6. The molecule has 0 unspecified atom stereocenters. The third-order valence-corrected chi connectivity index (χ3v) is 7.22. The normalized spacial score (nSPS) is 23.2. The number of nitrogens with two attached hydrogens (primary N) is 1. The quantitative estimate of drug-likeness (QED) is 0.581. The van der Waals surface area contributed by atoms with Crippen LogP contribution < -0.4 is 21.1 Å². The van der Waals surface area contributed by atoms with Crippen molar-refractivity contribution < 1.29 is 13.9 Å². The van der Waals surface area contributed by atoms with Gasteiger partial charge in [0.2, 0.25) is 0 Å². The van der Waals surface area contributed by atoms with Crippen molar-refractivity contribution in [3.8, 4) is 5.75 Å². The molecule has 31 heavy (non-hydrogen) atoms. The van der Waals surface area contributed by atoms with Crippen molar-refractivity contribution >= 4 is 33.1 Å². The first-order valence-electron chi connectivity index (χ1n) is 10.6. The minimum Gasteiger partial charge on any atom is -0.491 e. The summed E-state index contributed by atoms with van der Waals surface area (Å²) in [5.41, 5.74) is 9.57. The van der Waals surface area contributed by atoms with Gasteiger partial charge in [-0.3, -0.25) is 4.79 Å². The number of aryl methyl sites for hydroxylation is 1.